The highest BCUT2D eigenvalue weighted by Crippen LogP contribution is 2.27. The van der Waals surface area contributed by atoms with Crippen LogP contribution in [0.5, 0.6) is 5.75 Å². The third-order valence-electron chi connectivity index (χ3n) is 2.93. The first-order valence-corrected chi connectivity index (χ1v) is 6.07. The first kappa shape index (κ1) is 13.6. The average Bonchev–Trinajstić information content (AvgIpc) is 2.37. The molecule has 0 atom stereocenters. The fourth-order valence-electron chi connectivity index (χ4n) is 2.11. The summed E-state index contributed by atoms with van der Waals surface area (Å²) in [5.74, 6) is 0.619. The van der Waals surface area contributed by atoms with Crippen molar-refractivity contribution in [3.8, 4) is 5.75 Å². The highest BCUT2D eigenvalue weighted by Gasteiger charge is 2.13. The van der Waals surface area contributed by atoms with E-state index in [1.165, 1.54) is 18.2 Å². The number of methoxy groups -OCH3 is 1. The zero-order valence-corrected chi connectivity index (χ0v) is 11.0. The first-order chi connectivity index (χ1) is 8.17. The van der Waals surface area contributed by atoms with E-state index in [1.54, 1.807) is 0 Å². The first-order valence-electron chi connectivity index (χ1n) is 6.07. The highest BCUT2D eigenvalue weighted by molar-refractivity contribution is 5.65. The van der Waals surface area contributed by atoms with Gasteiger partial charge in [0.2, 0.25) is 0 Å². The van der Waals surface area contributed by atoms with Gasteiger partial charge in [0.25, 0.3) is 0 Å². The Hall–Kier alpha value is -1.51. The third kappa shape index (κ3) is 2.99. The molecule has 0 bridgehead atoms. The molecule has 0 aliphatic heterocycles. The smallest absolute Gasteiger partial charge is 0.437 e. The zero-order valence-electron chi connectivity index (χ0n) is 11.0. The summed E-state index contributed by atoms with van der Waals surface area (Å²) in [5.41, 5.74) is 3.72. The number of hydrogen-bond donors (Lipinski definition) is 0. The molecule has 0 N–H and O–H groups in total. The molecule has 0 fully saturated rings. The van der Waals surface area contributed by atoms with Crippen molar-refractivity contribution in [2.45, 2.75) is 40.0 Å². The van der Waals surface area contributed by atoms with Crippen molar-refractivity contribution >= 4 is 6.16 Å². The van der Waals surface area contributed by atoms with Crippen LogP contribution in [0.2, 0.25) is 0 Å². The predicted octanol–water partition coefficient (Wildman–Crippen LogP) is 3.52. The van der Waals surface area contributed by atoms with Gasteiger partial charge in [-0.1, -0.05) is 26.8 Å². The van der Waals surface area contributed by atoms with Gasteiger partial charge in [-0.3, -0.25) is 0 Å². The van der Waals surface area contributed by atoms with Gasteiger partial charge in [-0.15, -0.1) is 0 Å². The van der Waals surface area contributed by atoms with E-state index in [4.69, 9.17) is 4.74 Å². The summed E-state index contributed by atoms with van der Waals surface area (Å²) in [6, 6.07) is 3.88. The maximum Gasteiger partial charge on any atom is 0.513 e. The van der Waals surface area contributed by atoms with E-state index >= 15 is 0 Å². The van der Waals surface area contributed by atoms with Gasteiger partial charge < -0.3 is 9.47 Å². The molecule has 1 aromatic rings. The van der Waals surface area contributed by atoms with Crippen molar-refractivity contribution in [2.24, 2.45) is 0 Å². The SMILES string of the molecule is CCc1ccc(OC(=O)OC)c(CC)c1CC. The third-order valence-corrected chi connectivity index (χ3v) is 2.93. The molecule has 17 heavy (non-hydrogen) atoms. The van der Waals surface area contributed by atoms with Crippen molar-refractivity contribution in [3.05, 3.63) is 28.8 Å². The molecule has 0 unspecified atom stereocenters. The number of aryl methyl sites for hydroxylation is 1. The van der Waals surface area contributed by atoms with Gasteiger partial charge >= 0.3 is 6.16 Å². The summed E-state index contributed by atoms with van der Waals surface area (Å²) < 4.78 is 9.69. The highest BCUT2D eigenvalue weighted by atomic mass is 16.7. The number of benzene rings is 1. The number of ether oxygens (including phenoxy) is 2. The molecule has 0 radical (unpaired) electrons. The molecule has 0 amide bonds. The monoisotopic (exact) mass is 236 g/mol. The van der Waals surface area contributed by atoms with Crippen molar-refractivity contribution in [1.29, 1.82) is 0 Å². The average molecular weight is 236 g/mol. The molecular weight excluding hydrogens is 216 g/mol. The normalized spacial score (nSPS) is 10.1. The van der Waals surface area contributed by atoms with E-state index in [0.29, 0.717) is 5.75 Å². The van der Waals surface area contributed by atoms with E-state index in [2.05, 4.69) is 25.5 Å². The second-order valence-electron chi connectivity index (χ2n) is 3.80. The topological polar surface area (TPSA) is 35.5 Å². The molecule has 0 aromatic heterocycles. The van der Waals surface area contributed by atoms with Gasteiger partial charge in [-0.25, -0.2) is 4.79 Å². The van der Waals surface area contributed by atoms with Crippen LogP contribution in [0.4, 0.5) is 4.79 Å². The number of rotatable bonds is 4. The molecule has 0 spiro atoms. The van der Waals surface area contributed by atoms with Crippen molar-refractivity contribution in [2.75, 3.05) is 7.11 Å². The minimum absolute atomic E-state index is 0.619. The van der Waals surface area contributed by atoms with Crippen LogP contribution < -0.4 is 4.74 Å². The van der Waals surface area contributed by atoms with Crippen molar-refractivity contribution in [3.63, 3.8) is 0 Å². The van der Waals surface area contributed by atoms with Gasteiger partial charge in [-0.05, 0) is 42.0 Å². The zero-order chi connectivity index (χ0) is 12.8. The Labute approximate surface area is 103 Å². The lowest BCUT2D eigenvalue weighted by Crippen LogP contribution is -2.10. The van der Waals surface area contributed by atoms with Gasteiger partial charge in [-0.2, -0.15) is 0 Å². The Morgan fingerprint density at radius 1 is 1.06 bits per heavy atom. The summed E-state index contributed by atoms with van der Waals surface area (Å²) in [7, 11) is 1.31. The summed E-state index contributed by atoms with van der Waals surface area (Å²) in [4.78, 5) is 11.2. The van der Waals surface area contributed by atoms with E-state index in [0.717, 1.165) is 24.8 Å². The van der Waals surface area contributed by atoms with Crippen molar-refractivity contribution in [1.82, 2.24) is 0 Å². The minimum atomic E-state index is -0.661. The Morgan fingerprint density at radius 3 is 2.18 bits per heavy atom. The van der Waals surface area contributed by atoms with E-state index < -0.39 is 6.16 Å². The van der Waals surface area contributed by atoms with Crippen LogP contribution >= 0.6 is 0 Å². The van der Waals surface area contributed by atoms with Crippen LogP contribution in [0.1, 0.15) is 37.5 Å². The fraction of sp³-hybridized carbons (Fsp3) is 0.500. The standard InChI is InChI=1S/C14H20O3/c1-5-10-8-9-13(17-14(15)16-4)12(7-3)11(10)6-2/h8-9H,5-7H2,1-4H3. The largest absolute Gasteiger partial charge is 0.513 e. The molecule has 0 saturated heterocycles. The lowest BCUT2D eigenvalue weighted by molar-refractivity contribution is 0.121. The second kappa shape index (κ2) is 6.28. The summed E-state index contributed by atoms with van der Waals surface area (Å²) >= 11 is 0. The van der Waals surface area contributed by atoms with Crippen LogP contribution in [-0.4, -0.2) is 13.3 Å². The van der Waals surface area contributed by atoms with Crippen LogP contribution in [0.25, 0.3) is 0 Å². The number of carbonyl (C=O) groups is 1. The van der Waals surface area contributed by atoms with Crippen molar-refractivity contribution < 1.29 is 14.3 Å². The van der Waals surface area contributed by atoms with E-state index in [9.17, 15) is 4.79 Å². The maximum atomic E-state index is 11.2. The van der Waals surface area contributed by atoms with Gasteiger partial charge in [0.05, 0.1) is 7.11 Å². The quantitative estimate of drug-likeness (QED) is 0.592. The molecule has 1 rings (SSSR count). The molecular formula is C14H20O3. The molecule has 0 saturated carbocycles. The van der Waals surface area contributed by atoms with Crippen LogP contribution in [0.3, 0.4) is 0 Å². The number of carbonyl (C=O) groups excluding carboxylic acids is 1. The molecule has 3 heteroatoms. The Bertz CT molecular complexity index is 397. The Kier molecular flexibility index (Phi) is 5.01. The minimum Gasteiger partial charge on any atom is -0.437 e. The van der Waals surface area contributed by atoms with E-state index in [1.807, 2.05) is 12.1 Å². The lowest BCUT2D eigenvalue weighted by Gasteiger charge is -2.15. The van der Waals surface area contributed by atoms with Gasteiger partial charge in [0.1, 0.15) is 5.75 Å². The Morgan fingerprint density at radius 2 is 1.71 bits per heavy atom. The van der Waals surface area contributed by atoms with Crippen LogP contribution in [0.15, 0.2) is 12.1 Å². The van der Waals surface area contributed by atoms with E-state index in [-0.39, 0.29) is 0 Å². The molecule has 0 heterocycles. The van der Waals surface area contributed by atoms with Gasteiger partial charge in [0, 0.05) is 0 Å². The fourth-order valence-corrected chi connectivity index (χ4v) is 2.11. The summed E-state index contributed by atoms with van der Waals surface area (Å²) in [5, 5.41) is 0. The molecule has 94 valence electrons. The maximum absolute atomic E-state index is 11.2. The molecule has 1 aromatic carbocycles. The Balaban J connectivity index is 3.18. The van der Waals surface area contributed by atoms with Crippen LogP contribution in [0, 0.1) is 0 Å². The van der Waals surface area contributed by atoms with Crippen LogP contribution in [-0.2, 0) is 24.0 Å². The lowest BCUT2D eigenvalue weighted by atomic mass is 9.95. The predicted molar refractivity (Wildman–Crippen MR) is 67.6 cm³/mol. The van der Waals surface area contributed by atoms with Gasteiger partial charge in [0.15, 0.2) is 0 Å². The summed E-state index contributed by atoms with van der Waals surface area (Å²) in [6.07, 6.45) is 2.13. The summed E-state index contributed by atoms with van der Waals surface area (Å²) in [6.45, 7) is 6.32. The number of hydrogen-bond acceptors (Lipinski definition) is 3. The molecule has 3 nitrogen and oxygen atoms in total. The second-order valence-corrected chi connectivity index (χ2v) is 3.80. The molecule has 0 aliphatic rings. The molecule has 0 aliphatic carbocycles.